The molecule has 3 nitrogen and oxygen atoms in total. The summed E-state index contributed by atoms with van der Waals surface area (Å²) in [4.78, 5) is 13.8. The normalized spacial score (nSPS) is 16.0. The average molecular weight is 328 g/mol. The minimum atomic E-state index is -0.0221. The molecule has 0 unspecified atom stereocenters. The number of ketones is 1. The third-order valence-corrected chi connectivity index (χ3v) is 5.04. The van der Waals surface area contributed by atoms with Crippen LogP contribution in [0.25, 0.3) is 6.08 Å². The third kappa shape index (κ3) is 4.30. The predicted molar refractivity (Wildman–Crippen MR) is 94.0 cm³/mol. The number of nitrogens with one attached hydrogen (secondary N) is 1. The van der Waals surface area contributed by atoms with Crippen LogP contribution < -0.4 is 4.90 Å². The number of hydrogen-bond acceptors (Lipinski definition) is 3. The Labute approximate surface area is 140 Å². The second-order valence-corrected chi connectivity index (χ2v) is 6.87. The fourth-order valence-corrected chi connectivity index (χ4v) is 3.64. The fraction of sp³-hybridized carbons (Fsp3) is 0.316. The second kappa shape index (κ2) is 7.57. The van der Waals surface area contributed by atoms with Crippen molar-refractivity contribution in [1.82, 2.24) is 0 Å². The number of hydrogen-bond donors (Lipinski definition) is 2. The molecular weight excluding hydrogens is 306 g/mol. The Hall–Kier alpha value is -1.91. The van der Waals surface area contributed by atoms with E-state index in [1.54, 1.807) is 29.5 Å². The number of allylic oxidation sites excluding steroid dienone is 1. The molecule has 3 rings (SSSR count). The van der Waals surface area contributed by atoms with Gasteiger partial charge in [-0.1, -0.05) is 6.08 Å². The number of likely N-dealkylation sites (tertiary alicyclic amines) is 1. The van der Waals surface area contributed by atoms with Gasteiger partial charge >= 0.3 is 0 Å². The van der Waals surface area contributed by atoms with E-state index >= 15 is 0 Å². The summed E-state index contributed by atoms with van der Waals surface area (Å²) in [6.45, 7) is 3.09. The molecule has 2 N–H and O–H groups in total. The highest BCUT2D eigenvalue weighted by molar-refractivity contribution is 7.08. The Morgan fingerprint density at radius 1 is 1.22 bits per heavy atom. The van der Waals surface area contributed by atoms with Crippen molar-refractivity contribution in [3.8, 4) is 5.75 Å². The van der Waals surface area contributed by atoms with Gasteiger partial charge in [0.25, 0.3) is 0 Å². The highest BCUT2D eigenvalue weighted by atomic mass is 32.1. The Morgan fingerprint density at radius 2 is 2.04 bits per heavy atom. The molecule has 0 bridgehead atoms. The van der Waals surface area contributed by atoms with Crippen molar-refractivity contribution in [2.24, 2.45) is 0 Å². The number of benzene rings is 1. The van der Waals surface area contributed by atoms with Crippen molar-refractivity contribution in [3.05, 3.63) is 57.8 Å². The van der Waals surface area contributed by atoms with E-state index in [-0.39, 0.29) is 5.78 Å². The van der Waals surface area contributed by atoms with Gasteiger partial charge in [-0.25, -0.2) is 0 Å². The number of quaternary nitrogens is 1. The summed E-state index contributed by atoms with van der Waals surface area (Å²) in [5.74, 6) is 0.271. The number of piperidine rings is 1. The van der Waals surface area contributed by atoms with Gasteiger partial charge in [-0.05, 0) is 65.9 Å². The van der Waals surface area contributed by atoms with Crippen LogP contribution in [0.2, 0.25) is 0 Å². The SMILES string of the molecule is O=C(/C=C/c1ccsc1)c1ccc(O)c(C[NH+]2CCCCC2)c1. The van der Waals surface area contributed by atoms with Gasteiger partial charge < -0.3 is 10.0 Å². The first-order valence-electron chi connectivity index (χ1n) is 8.12. The summed E-state index contributed by atoms with van der Waals surface area (Å²) in [5, 5.41) is 14.1. The molecular formula is C19H22NO2S+. The first-order chi connectivity index (χ1) is 11.2. The minimum absolute atomic E-state index is 0.0221. The van der Waals surface area contributed by atoms with Crippen LogP contribution in [0.5, 0.6) is 5.75 Å². The number of carbonyl (C=O) groups is 1. The van der Waals surface area contributed by atoms with E-state index in [2.05, 4.69) is 0 Å². The molecule has 0 radical (unpaired) electrons. The van der Waals surface area contributed by atoms with Crippen molar-refractivity contribution < 1.29 is 14.8 Å². The lowest BCUT2D eigenvalue weighted by Gasteiger charge is -2.23. The summed E-state index contributed by atoms with van der Waals surface area (Å²) < 4.78 is 0. The smallest absolute Gasteiger partial charge is 0.185 e. The number of phenols is 1. The van der Waals surface area contributed by atoms with Gasteiger partial charge in [0, 0.05) is 11.1 Å². The zero-order valence-electron chi connectivity index (χ0n) is 13.1. The average Bonchev–Trinajstić information content (AvgIpc) is 3.09. The Kier molecular flexibility index (Phi) is 5.26. The summed E-state index contributed by atoms with van der Waals surface area (Å²) in [5.41, 5.74) is 2.55. The number of carbonyl (C=O) groups excluding carboxylic acids is 1. The van der Waals surface area contributed by atoms with Crippen molar-refractivity contribution in [3.63, 3.8) is 0 Å². The number of rotatable bonds is 5. The maximum Gasteiger partial charge on any atom is 0.185 e. The number of phenolic OH excluding ortho intramolecular Hbond substituents is 1. The predicted octanol–water partition coefficient (Wildman–Crippen LogP) is 2.92. The quantitative estimate of drug-likeness (QED) is 0.654. The lowest BCUT2D eigenvalue weighted by Crippen LogP contribution is -3.11. The van der Waals surface area contributed by atoms with Crippen molar-refractivity contribution in [2.75, 3.05) is 13.1 Å². The maximum atomic E-state index is 12.3. The van der Waals surface area contributed by atoms with Gasteiger partial charge in [-0.2, -0.15) is 11.3 Å². The molecule has 0 aliphatic carbocycles. The van der Waals surface area contributed by atoms with Crippen LogP contribution in [-0.2, 0) is 6.54 Å². The Morgan fingerprint density at radius 3 is 2.78 bits per heavy atom. The van der Waals surface area contributed by atoms with Crippen LogP contribution in [0.15, 0.2) is 41.1 Å². The van der Waals surface area contributed by atoms with Crippen LogP contribution in [0, 0.1) is 0 Å². The molecule has 1 fully saturated rings. The summed E-state index contributed by atoms with van der Waals surface area (Å²) in [7, 11) is 0. The summed E-state index contributed by atoms with van der Waals surface area (Å²) >= 11 is 1.61. The van der Waals surface area contributed by atoms with E-state index in [4.69, 9.17) is 0 Å². The van der Waals surface area contributed by atoms with Gasteiger partial charge in [-0.15, -0.1) is 0 Å². The zero-order chi connectivity index (χ0) is 16.1. The lowest BCUT2D eigenvalue weighted by molar-refractivity contribution is -0.918. The van der Waals surface area contributed by atoms with E-state index in [1.165, 1.54) is 24.2 Å². The largest absolute Gasteiger partial charge is 0.507 e. The van der Waals surface area contributed by atoms with Gasteiger partial charge in [0.2, 0.25) is 0 Å². The molecule has 1 aliphatic rings. The molecule has 1 saturated heterocycles. The molecule has 120 valence electrons. The van der Waals surface area contributed by atoms with Crippen molar-refractivity contribution in [2.45, 2.75) is 25.8 Å². The van der Waals surface area contributed by atoms with Crippen LogP contribution in [-0.4, -0.2) is 24.0 Å². The first kappa shape index (κ1) is 16.0. The van der Waals surface area contributed by atoms with Crippen LogP contribution in [0.1, 0.15) is 40.7 Å². The molecule has 2 heterocycles. The van der Waals surface area contributed by atoms with Gasteiger partial charge in [0.15, 0.2) is 5.78 Å². The Balaban J connectivity index is 1.72. The summed E-state index contributed by atoms with van der Waals surface area (Å²) in [6.07, 6.45) is 7.24. The monoisotopic (exact) mass is 328 g/mol. The molecule has 23 heavy (non-hydrogen) atoms. The molecule has 4 heteroatoms. The molecule has 0 atom stereocenters. The third-order valence-electron chi connectivity index (χ3n) is 4.34. The second-order valence-electron chi connectivity index (χ2n) is 6.09. The zero-order valence-corrected chi connectivity index (χ0v) is 13.9. The molecule has 1 aromatic heterocycles. The molecule has 0 spiro atoms. The number of thiophene rings is 1. The molecule has 1 aliphatic heterocycles. The first-order valence-corrected chi connectivity index (χ1v) is 9.07. The maximum absolute atomic E-state index is 12.3. The topological polar surface area (TPSA) is 41.7 Å². The fourth-order valence-electron chi connectivity index (χ4n) is 3.02. The molecule has 0 amide bonds. The van der Waals surface area contributed by atoms with Gasteiger partial charge in [0.1, 0.15) is 12.3 Å². The van der Waals surface area contributed by atoms with E-state index in [0.717, 1.165) is 30.8 Å². The van der Waals surface area contributed by atoms with Crippen LogP contribution in [0.3, 0.4) is 0 Å². The van der Waals surface area contributed by atoms with E-state index in [1.807, 2.05) is 29.0 Å². The highest BCUT2D eigenvalue weighted by Crippen LogP contribution is 2.19. The molecule has 1 aromatic carbocycles. The van der Waals surface area contributed by atoms with E-state index in [9.17, 15) is 9.90 Å². The lowest BCUT2D eigenvalue weighted by atomic mass is 10.0. The summed E-state index contributed by atoms with van der Waals surface area (Å²) in [6, 6.07) is 7.17. The van der Waals surface area contributed by atoms with Crippen LogP contribution >= 0.6 is 11.3 Å². The standard InChI is InChI=1S/C19H21NO2S/c21-18(6-4-15-8-11-23-14-15)16-5-7-19(22)17(12-16)13-20-9-2-1-3-10-20/h4-8,11-12,14,22H,1-3,9-10,13H2/p+1/b6-4+. The van der Waals surface area contributed by atoms with Gasteiger partial charge in [0.05, 0.1) is 13.1 Å². The Bertz CT molecular complexity index is 685. The molecule has 0 saturated carbocycles. The van der Waals surface area contributed by atoms with Crippen molar-refractivity contribution in [1.29, 1.82) is 0 Å². The van der Waals surface area contributed by atoms with Crippen LogP contribution in [0.4, 0.5) is 0 Å². The molecule has 2 aromatic rings. The van der Waals surface area contributed by atoms with E-state index in [0.29, 0.717) is 11.3 Å². The minimum Gasteiger partial charge on any atom is -0.507 e. The number of aromatic hydroxyl groups is 1. The van der Waals surface area contributed by atoms with E-state index < -0.39 is 0 Å². The van der Waals surface area contributed by atoms with Gasteiger partial charge in [-0.3, -0.25) is 4.79 Å². The van der Waals surface area contributed by atoms with Crippen molar-refractivity contribution >= 4 is 23.2 Å². The highest BCUT2D eigenvalue weighted by Gasteiger charge is 2.17.